The molecule has 0 radical (unpaired) electrons. The number of piperidine rings is 1. The topological polar surface area (TPSA) is 41.9 Å². The fraction of sp³-hybridized carbons (Fsp3) is 0.625. The summed E-state index contributed by atoms with van der Waals surface area (Å²) >= 11 is 0. The number of hydrogen-bond donors (Lipinski definition) is 1. The highest BCUT2D eigenvalue weighted by Crippen LogP contribution is 2.31. The average Bonchev–Trinajstić information content (AvgIpc) is 2.48. The lowest BCUT2D eigenvalue weighted by molar-refractivity contribution is 0.111. The van der Waals surface area contributed by atoms with E-state index in [1.807, 2.05) is 18.2 Å². The van der Waals surface area contributed by atoms with Gasteiger partial charge in [0.1, 0.15) is 6.10 Å². The van der Waals surface area contributed by atoms with Gasteiger partial charge in [-0.05, 0) is 50.4 Å². The molecule has 0 aromatic heterocycles. The molecule has 1 aromatic rings. The molecule has 1 fully saturated rings. The minimum absolute atomic E-state index is 0.219. The van der Waals surface area contributed by atoms with Crippen LogP contribution in [0.1, 0.15) is 24.8 Å². The lowest BCUT2D eigenvalue weighted by Crippen LogP contribution is -2.35. The molecule has 1 N–H and O–H groups in total. The van der Waals surface area contributed by atoms with Crippen molar-refractivity contribution in [1.29, 1.82) is 0 Å². The SMILES string of the molecule is COc1ccc(CCCO)cc1OC1CCN(C)CC1. The van der Waals surface area contributed by atoms with Crippen LogP contribution in [0.3, 0.4) is 0 Å². The minimum atomic E-state index is 0.219. The van der Waals surface area contributed by atoms with Crippen LogP contribution < -0.4 is 9.47 Å². The Bertz CT molecular complexity index is 414. The summed E-state index contributed by atoms with van der Waals surface area (Å²) in [6.45, 7) is 2.38. The smallest absolute Gasteiger partial charge is 0.161 e. The van der Waals surface area contributed by atoms with E-state index in [1.165, 1.54) is 5.56 Å². The Balaban J connectivity index is 2.03. The summed E-state index contributed by atoms with van der Waals surface area (Å²) in [5.41, 5.74) is 1.18. The van der Waals surface area contributed by atoms with Gasteiger partial charge < -0.3 is 19.5 Å². The van der Waals surface area contributed by atoms with Gasteiger partial charge in [0.05, 0.1) is 7.11 Å². The second-order valence-corrected chi connectivity index (χ2v) is 5.43. The first kappa shape index (κ1) is 15.1. The molecule has 0 spiro atoms. The van der Waals surface area contributed by atoms with Crippen LogP contribution in [-0.2, 0) is 6.42 Å². The van der Waals surface area contributed by atoms with Crippen LogP contribution in [-0.4, -0.2) is 50.0 Å². The fourth-order valence-electron chi connectivity index (χ4n) is 2.53. The van der Waals surface area contributed by atoms with Crippen LogP contribution >= 0.6 is 0 Å². The highest BCUT2D eigenvalue weighted by molar-refractivity contribution is 5.43. The summed E-state index contributed by atoms with van der Waals surface area (Å²) in [5.74, 6) is 1.62. The van der Waals surface area contributed by atoms with E-state index in [0.29, 0.717) is 0 Å². The number of hydrogen-bond acceptors (Lipinski definition) is 4. The number of aliphatic hydroxyl groups excluding tert-OH is 1. The molecule has 0 amide bonds. The van der Waals surface area contributed by atoms with Crippen molar-refractivity contribution in [3.8, 4) is 11.5 Å². The Labute approximate surface area is 121 Å². The molecule has 112 valence electrons. The van der Waals surface area contributed by atoms with Crippen molar-refractivity contribution < 1.29 is 14.6 Å². The molecule has 4 nitrogen and oxygen atoms in total. The Morgan fingerprint density at radius 3 is 2.65 bits per heavy atom. The third kappa shape index (κ3) is 4.12. The van der Waals surface area contributed by atoms with Crippen molar-refractivity contribution in [2.45, 2.75) is 31.8 Å². The minimum Gasteiger partial charge on any atom is -0.493 e. The van der Waals surface area contributed by atoms with Crippen LogP contribution in [0.4, 0.5) is 0 Å². The summed E-state index contributed by atoms with van der Waals surface area (Å²) in [4.78, 5) is 2.33. The van der Waals surface area contributed by atoms with Crippen molar-refractivity contribution in [2.24, 2.45) is 0 Å². The van der Waals surface area contributed by atoms with Gasteiger partial charge in [0, 0.05) is 19.7 Å². The molecule has 2 rings (SSSR count). The summed E-state index contributed by atoms with van der Waals surface area (Å²) in [5, 5.41) is 8.92. The van der Waals surface area contributed by atoms with Crippen molar-refractivity contribution >= 4 is 0 Å². The van der Waals surface area contributed by atoms with Crippen molar-refractivity contribution in [2.75, 3.05) is 33.9 Å². The molecule has 0 aliphatic carbocycles. The number of aryl methyl sites for hydroxylation is 1. The largest absolute Gasteiger partial charge is 0.493 e. The number of aliphatic hydroxyl groups is 1. The van der Waals surface area contributed by atoms with E-state index in [9.17, 15) is 0 Å². The summed E-state index contributed by atoms with van der Waals surface area (Å²) in [7, 11) is 3.82. The molecular formula is C16H25NO3. The van der Waals surface area contributed by atoms with Crippen LogP contribution in [0.5, 0.6) is 11.5 Å². The highest BCUT2D eigenvalue weighted by atomic mass is 16.5. The molecule has 0 saturated carbocycles. The normalized spacial score (nSPS) is 17.1. The van der Waals surface area contributed by atoms with Gasteiger partial charge in [0.25, 0.3) is 0 Å². The third-order valence-electron chi connectivity index (χ3n) is 3.81. The van der Waals surface area contributed by atoms with Crippen LogP contribution in [0.25, 0.3) is 0 Å². The lowest BCUT2D eigenvalue weighted by atomic mass is 10.1. The van der Waals surface area contributed by atoms with E-state index in [2.05, 4.69) is 11.9 Å². The fourth-order valence-corrected chi connectivity index (χ4v) is 2.53. The maximum Gasteiger partial charge on any atom is 0.161 e. The van der Waals surface area contributed by atoms with Gasteiger partial charge in [-0.1, -0.05) is 6.07 Å². The zero-order valence-corrected chi connectivity index (χ0v) is 12.5. The second kappa shape index (κ2) is 7.50. The first-order valence-electron chi connectivity index (χ1n) is 7.36. The molecule has 4 heteroatoms. The molecule has 1 aliphatic heterocycles. The van der Waals surface area contributed by atoms with Gasteiger partial charge in [-0.3, -0.25) is 0 Å². The Hall–Kier alpha value is -1.26. The standard InChI is InChI=1S/C16H25NO3/c1-17-9-7-14(8-10-17)20-16-12-13(4-3-11-18)5-6-15(16)19-2/h5-6,12,14,18H,3-4,7-11H2,1-2H3. The van der Waals surface area contributed by atoms with E-state index in [1.54, 1.807) is 7.11 Å². The number of rotatable bonds is 6. The second-order valence-electron chi connectivity index (χ2n) is 5.43. The molecule has 0 bridgehead atoms. The predicted octanol–water partition coefficient (Wildman–Crippen LogP) is 2.09. The van der Waals surface area contributed by atoms with E-state index in [0.717, 1.165) is 50.3 Å². The number of ether oxygens (including phenoxy) is 2. The average molecular weight is 279 g/mol. The molecule has 0 atom stereocenters. The van der Waals surface area contributed by atoms with Gasteiger partial charge >= 0.3 is 0 Å². The van der Waals surface area contributed by atoms with E-state index < -0.39 is 0 Å². The molecule has 1 heterocycles. The molecular weight excluding hydrogens is 254 g/mol. The van der Waals surface area contributed by atoms with Gasteiger partial charge in [0.2, 0.25) is 0 Å². The highest BCUT2D eigenvalue weighted by Gasteiger charge is 2.19. The first-order chi connectivity index (χ1) is 9.72. The zero-order valence-electron chi connectivity index (χ0n) is 12.5. The van der Waals surface area contributed by atoms with E-state index >= 15 is 0 Å². The molecule has 0 unspecified atom stereocenters. The van der Waals surface area contributed by atoms with Crippen LogP contribution in [0.15, 0.2) is 18.2 Å². The predicted molar refractivity (Wildman–Crippen MR) is 79.5 cm³/mol. The zero-order chi connectivity index (χ0) is 14.4. The number of methoxy groups -OCH3 is 1. The van der Waals surface area contributed by atoms with Gasteiger partial charge in [-0.25, -0.2) is 0 Å². The molecule has 1 aliphatic rings. The lowest BCUT2D eigenvalue weighted by Gasteiger charge is -2.29. The quantitative estimate of drug-likeness (QED) is 0.866. The van der Waals surface area contributed by atoms with Crippen molar-refractivity contribution in [1.82, 2.24) is 4.90 Å². The van der Waals surface area contributed by atoms with E-state index in [4.69, 9.17) is 14.6 Å². The molecule has 1 saturated heterocycles. The van der Waals surface area contributed by atoms with Crippen molar-refractivity contribution in [3.63, 3.8) is 0 Å². The van der Waals surface area contributed by atoms with Gasteiger partial charge in [-0.2, -0.15) is 0 Å². The van der Waals surface area contributed by atoms with Gasteiger partial charge in [-0.15, -0.1) is 0 Å². The number of benzene rings is 1. The summed E-state index contributed by atoms with van der Waals surface area (Å²) < 4.78 is 11.5. The number of likely N-dealkylation sites (tertiary alicyclic amines) is 1. The molecule has 1 aromatic carbocycles. The maximum atomic E-state index is 8.92. The Kier molecular flexibility index (Phi) is 5.68. The summed E-state index contributed by atoms with van der Waals surface area (Å²) in [6.07, 6.45) is 4.03. The van der Waals surface area contributed by atoms with Crippen LogP contribution in [0, 0.1) is 0 Å². The van der Waals surface area contributed by atoms with Crippen molar-refractivity contribution in [3.05, 3.63) is 23.8 Å². The maximum absolute atomic E-state index is 8.92. The van der Waals surface area contributed by atoms with Crippen LogP contribution in [0.2, 0.25) is 0 Å². The van der Waals surface area contributed by atoms with Gasteiger partial charge in [0.15, 0.2) is 11.5 Å². The molecule has 20 heavy (non-hydrogen) atoms. The van der Waals surface area contributed by atoms with E-state index in [-0.39, 0.29) is 12.7 Å². The Morgan fingerprint density at radius 2 is 2.00 bits per heavy atom. The monoisotopic (exact) mass is 279 g/mol. The first-order valence-corrected chi connectivity index (χ1v) is 7.36. The Morgan fingerprint density at radius 1 is 1.25 bits per heavy atom. The number of nitrogens with zero attached hydrogens (tertiary/aromatic N) is 1. The summed E-state index contributed by atoms with van der Waals surface area (Å²) in [6, 6.07) is 6.04. The third-order valence-corrected chi connectivity index (χ3v) is 3.81.